The highest BCUT2D eigenvalue weighted by molar-refractivity contribution is 5.86. The Morgan fingerprint density at radius 2 is 2.29 bits per heavy atom. The summed E-state index contributed by atoms with van der Waals surface area (Å²) in [5.41, 5.74) is 0.311. The van der Waals surface area contributed by atoms with Gasteiger partial charge in [-0.2, -0.15) is 5.10 Å². The molecule has 1 aliphatic rings. The lowest BCUT2D eigenvalue weighted by Crippen LogP contribution is -2.27. The van der Waals surface area contributed by atoms with Crippen LogP contribution in [0.3, 0.4) is 0 Å². The molecule has 0 bridgehead atoms. The van der Waals surface area contributed by atoms with Crippen LogP contribution in [0.2, 0.25) is 0 Å². The summed E-state index contributed by atoms with van der Waals surface area (Å²) in [6, 6.07) is 1.63. The number of hydrogen-bond donors (Lipinski definition) is 0. The molecule has 1 aromatic heterocycles. The smallest absolute Gasteiger partial charge is 0.358 e. The minimum absolute atomic E-state index is 0.311. The topological polar surface area (TPSA) is 62.6 Å². The van der Waals surface area contributed by atoms with Gasteiger partial charge in [0.05, 0.1) is 20.3 Å². The zero-order valence-corrected chi connectivity index (χ0v) is 10.0. The normalized spacial score (nSPS) is 18.2. The molecule has 17 heavy (non-hydrogen) atoms. The Morgan fingerprint density at radius 1 is 1.59 bits per heavy atom. The van der Waals surface area contributed by atoms with E-state index in [9.17, 15) is 4.79 Å². The number of nitrogens with zero attached hydrogens (tertiary/aromatic N) is 2. The lowest BCUT2D eigenvalue weighted by atomic mass is 10.2. The number of esters is 1. The van der Waals surface area contributed by atoms with Crippen LogP contribution in [0.25, 0.3) is 0 Å². The van der Waals surface area contributed by atoms with Crippen molar-refractivity contribution in [3.63, 3.8) is 0 Å². The number of ether oxygens (including phenoxy) is 3. The summed E-state index contributed by atoms with van der Waals surface area (Å²) >= 11 is 0. The van der Waals surface area contributed by atoms with Crippen molar-refractivity contribution >= 4 is 5.97 Å². The Hall–Kier alpha value is -1.40. The first-order valence-corrected chi connectivity index (χ1v) is 5.53. The van der Waals surface area contributed by atoms with Gasteiger partial charge in [-0.05, 0) is 13.0 Å². The molecule has 2 rings (SSSR count). The quantitative estimate of drug-likeness (QED) is 0.729. The van der Waals surface area contributed by atoms with Gasteiger partial charge < -0.3 is 14.2 Å². The Balaban J connectivity index is 1.91. The van der Waals surface area contributed by atoms with Gasteiger partial charge in [0, 0.05) is 19.2 Å². The van der Waals surface area contributed by atoms with Crippen LogP contribution in [0.1, 0.15) is 23.8 Å². The zero-order chi connectivity index (χ0) is 12.3. The molecular formula is C11H16N2O4. The Kier molecular flexibility index (Phi) is 3.44. The van der Waals surface area contributed by atoms with E-state index in [-0.39, 0.29) is 0 Å². The first-order valence-electron chi connectivity index (χ1n) is 5.53. The van der Waals surface area contributed by atoms with Crippen molar-refractivity contribution in [1.82, 2.24) is 9.78 Å². The second kappa shape index (κ2) is 4.85. The lowest BCUT2D eigenvalue weighted by molar-refractivity contribution is -0.148. The molecule has 0 aliphatic carbocycles. The number of rotatable bonds is 4. The molecule has 6 heteroatoms. The van der Waals surface area contributed by atoms with E-state index in [0.717, 1.165) is 0 Å². The molecule has 1 aliphatic heterocycles. The predicted octanol–water partition coefficient (Wildman–Crippen LogP) is 0.823. The molecule has 0 radical (unpaired) electrons. The van der Waals surface area contributed by atoms with E-state index < -0.39 is 11.8 Å². The number of carbonyl (C=O) groups excluding carboxylic acids is 1. The fourth-order valence-electron chi connectivity index (χ4n) is 1.72. The molecule has 6 nitrogen and oxygen atoms in total. The van der Waals surface area contributed by atoms with Crippen LogP contribution >= 0.6 is 0 Å². The van der Waals surface area contributed by atoms with Gasteiger partial charge in [-0.15, -0.1) is 0 Å². The highest BCUT2D eigenvalue weighted by atomic mass is 16.7. The standard InChI is InChI=1S/C11H16N2O4/c1-11(16-7-8-17-11)4-6-13-5-3-9(12-13)10(14)15-2/h3,5H,4,6-8H2,1-2H3. The molecule has 1 fully saturated rings. The lowest BCUT2D eigenvalue weighted by Gasteiger charge is -2.21. The fraction of sp³-hybridized carbons (Fsp3) is 0.636. The summed E-state index contributed by atoms with van der Waals surface area (Å²) in [7, 11) is 1.34. The van der Waals surface area contributed by atoms with E-state index in [1.165, 1.54) is 7.11 Å². The number of carbonyl (C=O) groups is 1. The van der Waals surface area contributed by atoms with E-state index in [1.807, 2.05) is 6.92 Å². The molecule has 0 amide bonds. The average Bonchev–Trinajstić information content (AvgIpc) is 2.95. The van der Waals surface area contributed by atoms with Crippen LogP contribution in [-0.2, 0) is 20.8 Å². The van der Waals surface area contributed by atoms with Crippen molar-refractivity contribution in [2.24, 2.45) is 0 Å². The monoisotopic (exact) mass is 240 g/mol. The Labute approximate surface area is 99.5 Å². The van der Waals surface area contributed by atoms with Gasteiger partial charge in [-0.1, -0.05) is 0 Å². The number of aryl methyl sites for hydroxylation is 1. The van der Waals surface area contributed by atoms with Gasteiger partial charge >= 0.3 is 5.97 Å². The Bertz CT molecular complexity index is 396. The minimum atomic E-state index is -0.530. The van der Waals surface area contributed by atoms with E-state index in [1.54, 1.807) is 16.9 Å². The number of methoxy groups -OCH3 is 1. The molecule has 0 atom stereocenters. The van der Waals surface area contributed by atoms with Crippen LogP contribution in [0.5, 0.6) is 0 Å². The van der Waals surface area contributed by atoms with Crippen LogP contribution in [0, 0.1) is 0 Å². The van der Waals surface area contributed by atoms with Gasteiger partial charge in [-0.3, -0.25) is 4.68 Å². The molecule has 94 valence electrons. The van der Waals surface area contributed by atoms with Gasteiger partial charge in [0.25, 0.3) is 0 Å². The van der Waals surface area contributed by atoms with Crippen LogP contribution < -0.4 is 0 Å². The van der Waals surface area contributed by atoms with Crippen molar-refractivity contribution in [3.8, 4) is 0 Å². The van der Waals surface area contributed by atoms with E-state index in [4.69, 9.17) is 9.47 Å². The maximum atomic E-state index is 11.2. The second-order valence-corrected chi connectivity index (χ2v) is 4.04. The summed E-state index contributed by atoms with van der Waals surface area (Å²) in [6.45, 7) is 3.80. The highest BCUT2D eigenvalue weighted by Crippen LogP contribution is 2.22. The molecule has 1 saturated heterocycles. The van der Waals surface area contributed by atoms with E-state index in [0.29, 0.717) is 31.9 Å². The second-order valence-electron chi connectivity index (χ2n) is 4.04. The summed E-state index contributed by atoms with van der Waals surface area (Å²) in [5.74, 6) is -0.958. The molecule has 2 heterocycles. The molecule has 0 spiro atoms. The maximum Gasteiger partial charge on any atom is 0.358 e. The predicted molar refractivity (Wildman–Crippen MR) is 58.5 cm³/mol. The molecule has 0 saturated carbocycles. The number of aromatic nitrogens is 2. The average molecular weight is 240 g/mol. The first-order chi connectivity index (χ1) is 8.13. The SMILES string of the molecule is COC(=O)c1ccn(CCC2(C)OCCO2)n1. The summed E-state index contributed by atoms with van der Waals surface area (Å²) in [6.07, 6.45) is 2.43. The molecule has 0 N–H and O–H groups in total. The van der Waals surface area contributed by atoms with Gasteiger partial charge in [0.1, 0.15) is 0 Å². The minimum Gasteiger partial charge on any atom is -0.464 e. The van der Waals surface area contributed by atoms with Crippen LogP contribution in [0.15, 0.2) is 12.3 Å². The third-order valence-corrected chi connectivity index (χ3v) is 2.73. The highest BCUT2D eigenvalue weighted by Gasteiger charge is 2.30. The van der Waals surface area contributed by atoms with Crippen molar-refractivity contribution < 1.29 is 19.0 Å². The maximum absolute atomic E-state index is 11.2. The van der Waals surface area contributed by atoms with Crippen molar-refractivity contribution in [2.75, 3.05) is 20.3 Å². The summed E-state index contributed by atoms with van der Waals surface area (Å²) in [5, 5.41) is 4.10. The van der Waals surface area contributed by atoms with E-state index in [2.05, 4.69) is 9.84 Å². The molecular weight excluding hydrogens is 224 g/mol. The third kappa shape index (κ3) is 2.83. The van der Waals surface area contributed by atoms with Crippen molar-refractivity contribution in [3.05, 3.63) is 18.0 Å². The van der Waals surface area contributed by atoms with Gasteiger partial charge in [0.2, 0.25) is 0 Å². The van der Waals surface area contributed by atoms with Crippen LogP contribution in [0.4, 0.5) is 0 Å². The molecule has 0 aromatic carbocycles. The van der Waals surface area contributed by atoms with E-state index >= 15 is 0 Å². The third-order valence-electron chi connectivity index (χ3n) is 2.73. The number of hydrogen-bond acceptors (Lipinski definition) is 5. The zero-order valence-electron chi connectivity index (χ0n) is 10.0. The van der Waals surface area contributed by atoms with Crippen molar-refractivity contribution in [1.29, 1.82) is 0 Å². The first kappa shape index (κ1) is 12.1. The molecule has 1 aromatic rings. The van der Waals surface area contributed by atoms with Crippen molar-refractivity contribution in [2.45, 2.75) is 25.7 Å². The summed E-state index contributed by atoms with van der Waals surface area (Å²) in [4.78, 5) is 11.2. The van der Waals surface area contributed by atoms with Gasteiger partial charge in [-0.25, -0.2) is 4.79 Å². The Morgan fingerprint density at radius 3 is 2.94 bits per heavy atom. The largest absolute Gasteiger partial charge is 0.464 e. The summed E-state index contributed by atoms with van der Waals surface area (Å²) < 4.78 is 17.2. The van der Waals surface area contributed by atoms with Crippen LogP contribution in [-0.4, -0.2) is 41.9 Å². The fourth-order valence-corrected chi connectivity index (χ4v) is 1.72. The molecule has 0 unspecified atom stereocenters. The van der Waals surface area contributed by atoms with Gasteiger partial charge in [0.15, 0.2) is 11.5 Å².